The third-order valence-electron chi connectivity index (χ3n) is 1.45. The fraction of sp³-hybridized carbons (Fsp3) is 0.400. The van der Waals surface area contributed by atoms with Crippen LogP contribution < -0.4 is 56.8 Å². The summed E-state index contributed by atoms with van der Waals surface area (Å²) >= 11 is 0. The minimum Gasteiger partial charge on any atom is -0.445 e. The first-order chi connectivity index (χ1) is 5.82. The van der Waals surface area contributed by atoms with Crippen molar-refractivity contribution in [3.63, 3.8) is 0 Å². The normalized spacial score (nSPS) is 11.6. The van der Waals surface area contributed by atoms with Gasteiger partial charge in [0.15, 0.2) is 0 Å². The Bertz CT molecular complexity index is 310. The molecule has 0 spiro atoms. The zero-order chi connectivity index (χ0) is 10.2. The van der Waals surface area contributed by atoms with Crippen LogP contribution in [0.4, 0.5) is 21.7 Å². The molecule has 0 fully saturated rings. The van der Waals surface area contributed by atoms with Crippen molar-refractivity contribution in [1.82, 2.24) is 9.78 Å². The third kappa shape index (κ3) is 3.30. The van der Waals surface area contributed by atoms with Gasteiger partial charge >= 0.3 is 58.4 Å². The minimum absolute atomic E-state index is 0. The van der Waals surface area contributed by atoms with Crippen LogP contribution in [0.15, 0.2) is 6.20 Å². The number of aromatic nitrogens is 2. The summed E-state index contributed by atoms with van der Waals surface area (Å²) in [7, 11) is 1.16. The molecule has 2 nitrogen and oxygen atoms in total. The Morgan fingerprint density at radius 1 is 1.36 bits per heavy atom. The molecule has 74 valence electrons. The number of rotatable bonds is 2. The Hall–Kier alpha value is 0.561. The maximum absolute atomic E-state index is 12.1. The fourth-order valence-corrected chi connectivity index (χ4v) is 0.946. The number of hydrogen-bond acceptors (Lipinski definition) is 1. The molecule has 1 rings (SSSR count). The van der Waals surface area contributed by atoms with Crippen molar-refractivity contribution >= 4 is 12.4 Å². The van der Waals surface area contributed by atoms with Crippen LogP contribution in [0.1, 0.15) is 12.1 Å². The van der Waals surface area contributed by atoms with Crippen molar-refractivity contribution in [3.8, 4) is 0 Å². The van der Waals surface area contributed by atoms with E-state index >= 15 is 0 Å². The van der Waals surface area contributed by atoms with Crippen LogP contribution in [-0.2, 0) is 7.05 Å². The maximum Gasteiger partial charge on any atom is 1.00 e. The molecule has 1 aromatic heterocycles. The Labute approximate surface area is 119 Å². The molecule has 0 aliphatic heterocycles. The Morgan fingerprint density at radius 2 is 1.86 bits per heavy atom. The Balaban J connectivity index is 0.00000169. The van der Waals surface area contributed by atoms with Gasteiger partial charge in [-0.15, -0.1) is 0 Å². The van der Waals surface area contributed by atoms with Crippen LogP contribution in [0, 0.1) is 0 Å². The van der Waals surface area contributed by atoms with Crippen molar-refractivity contribution in [2.75, 3.05) is 0 Å². The van der Waals surface area contributed by atoms with Crippen LogP contribution >= 0.6 is 0 Å². The first kappa shape index (κ1) is 14.6. The molecular formula is C5H5BF5KN2. The molecule has 0 aliphatic rings. The standard InChI is InChI=1S/C5H5BF5N2.K/c1-13-2-3(6(9,10)11)4(12-13)5(7)8;/h2,5H,1H3;/q-1;+1. The van der Waals surface area contributed by atoms with E-state index in [0.717, 1.165) is 11.7 Å². The SMILES string of the molecule is Cn1cc([B-](F)(F)F)c(C(F)F)n1.[K+]. The van der Waals surface area contributed by atoms with Gasteiger partial charge in [-0.1, -0.05) is 5.46 Å². The van der Waals surface area contributed by atoms with E-state index in [2.05, 4.69) is 5.10 Å². The van der Waals surface area contributed by atoms with Crippen molar-refractivity contribution in [1.29, 1.82) is 0 Å². The second-order valence-electron chi connectivity index (χ2n) is 2.52. The van der Waals surface area contributed by atoms with Gasteiger partial charge in [0, 0.05) is 7.05 Å². The molecule has 0 amide bonds. The zero-order valence-corrected chi connectivity index (χ0v) is 10.6. The molecule has 0 aliphatic carbocycles. The van der Waals surface area contributed by atoms with E-state index in [4.69, 9.17) is 0 Å². The second kappa shape index (κ2) is 5.06. The van der Waals surface area contributed by atoms with E-state index in [1.54, 1.807) is 0 Å². The predicted octanol–water partition coefficient (Wildman–Crippen LogP) is -1.58. The second-order valence-corrected chi connectivity index (χ2v) is 2.52. The molecule has 0 aromatic carbocycles. The molecule has 0 N–H and O–H groups in total. The van der Waals surface area contributed by atoms with Gasteiger partial charge in [-0.2, -0.15) is 5.10 Å². The van der Waals surface area contributed by atoms with Gasteiger partial charge in [0.2, 0.25) is 0 Å². The molecule has 9 heteroatoms. The fourth-order valence-electron chi connectivity index (χ4n) is 0.946. The van der Waals surface area contributed by atoms with E-state index in [-0.39, 0.29) is 51.4 Å². The van der Waals surface area contributed by atoms with E-state index in [9.17, 15) is 21.7 Å². The van der Waals surface area contributed by atoms with Gasteiger partial charge in [-0.25, -0.2) is 8.78 Å². The molecule has 0 saturated carbocycles. The van der Waals surface area contributed by atoms with E-state index in [1.165, 1.54) is 0 Å². The first-order valence-electron chi connectivity index (χ1n) is 3.34. The summed E-state index contributed by atoms with van der Waals surface area (Å²) in [6.45, 7) is -5.41. The topological polar surface area (TPSA) is 17.8 Å². The quantitative estimate of drug-likeness (QED) is 0.449. The average Bonchev–Trinajstić information content (AvgIpc) is 2.29. The Morgan fingerprint density at radius 3 is 2.14 bits per heavy atom. The molecular weight excluding hydrogens is 233 g/mol. The molecule has 0 unspecified atom stereocenters. The van der Waals surface area contributed by atoms with Gasteiger partial charge in [-0.3, -0.25) is 4.68 Å². The van der Waals surface area contributed by atoms with E-state index in [1.807, 2.05) is 0 Å². The van der Waals surface area contributed by atoms with Crippen molar-refractivity contribution in [2.24, 2.45) is 7.05 Å². The summed E-state index contributed by atoms with van der Waals surface area (Å²) in [5.41, 5.74) is -2.52. The Kier molecular flexibility index (Phi) is 5.26. The van der Waals surface area contributed by atoms with Crippen LogP contribution in [0.2, 0.25) is 0 Å². The smallest absolute Gasteiger partial charge is 0.445 e. The van der Waals surface area contributed by atoms with Crippen molar-refractivity contribution < 1.29 is 73.1 Å². The van der Waals surface area contributed by atoms with Gasteiger partial charge < -0.3 is 12.9 Å². The molecule has 1 heterocycles. The molecule has 0 atom stereocenters. The number of halogens is 5. The molecule has 0 bridgehead atoms. The van der Waals surface area contributed by atoms with Gasteiger partial charge in [0.1, 0.15) is 5.69 Å². The number of hydrogen-bond donors (Lipinski definition) is 0. The van der Waals surface area contributed by atoms with Crippen molar-refractivity contribution in [3.05, 3.63) is 11.9 Å². The van der Waals surface area contributed by atoms with E-state index < -0.39 is 24.6 Å². The van der Waals surface area contributed by atoms with Crippen LogP contribution in [0.3, 0.4) is 0 Å². The largest absolute Gasteiger partial charge is 1.00 e. The van der Waals surface area contributed by atoms with Crippen LogP contribution in [-0.4, -0.2) is 16.8 Å². The van der Waals surface area contributed by atoms with Crippen LogP contribution in [0.25, 0.3) is 0 Å². The van der Waals surface area contributed by atoms with E-state index in [0.29, 0.717) is 6.20 Å². The number of nitrogens with zero attached hydrogens (tertiary/aromatic N) is 2. The van der Waals surface area contributed by atoms with Crippen molar-refractivity contribution in [2.45, 2.75) is 6.43 Å². The van der Waals surface area contributed by atoms with Crippen LogP contribution in [0.5, 0.6) is 0 Å². The monoisotopic (exact) mass is 238 g/mol. The summed E-state index contributed by atoms with van der Waals surface area (Å²) in [6, 6.07) is 0. The van der Waals surface area contributed by atoms with Gasteiger partial charge in [-0.05, 0) is 6.20 Å². The molecule has 0 saturated heterocycles. The molecule has 14 heavy (non-hydrogen) atoms. The third-order valence-corrected chi connectivity index (χ3v) is 1.45. The summed E-state index contributed by atoms with van der Waals surface area (Å²) in [6.07, 6.45) is -2.64. The summed E-state index contributed by atoms with van der Waals surface area (Å²) in [4.78, 5) is 0. The molecule has 0 radical (unpaired) electrons. The van der Waals surface area contributed by atoms with Gasteiger partial charge in [0.05, 0.1) is 0 Å². The maximum atomic E-state index is 12.1. The predicted molar refractivity (Wildman–Crippen MR) is 36.9 cm³/mol. The summed E-state index contributed by atoms with van der Waals surface area (Å²) in [5.74, 6) is 0. The number of aryl methyl sites for hydroxylation is 1. The summed E-state index contributed by atoms with van der Waals surface area (Å²) < 4.78 is 61.0. The zero-order valence-electron chi connectivity index (χ0n) is 7.52. The summed E-state index contributed by atoms with van der Waals surface area (Å²) in [5, 5.41) is 3.04. The number of alkyl halides is 2. The first-order valence-corrected chi connectivity index (χ1v) is 3.34. The average molecular weight is 238 g/mol. The minimum atomic E-state index is -5.41. The molecule has 1 aromatic rings. The van der Waals surface area contributed by atoms with Gasteiger partial charge in [0.25, 0.3) is 6.43 Å².